The molecule has 2 saturated heterocycles. The summed E-state index contributed by atoms with van der Waals surface area (Å²) >= 11 is 1.85. The molecule has 0 N–H and O–H groups in total. The van der Waals surface area contributed by atoms with Gasteiger partial charge in [0.15, 0.2) is 0 Å². The van der Waals surface area contributed by atoms with Gasteiger partial charge in [0.1, 0.15) is 0 Å². The maximum atomic E-state index is 6.11. The molecular weight excluding hydrogens is 306 g/mol. The number of rotatable bonds is 3. The summed E-state index contributed by atoms with van der Waals surface area (Å²) in [7, 11) is 0. The predicted molar refractivity (Wildman–Crippen MR) is 93.9 cm³/mol. The Bertz CT molecular complexity index is 604. The summed E-state index contributed by atoms with van der Waals surface area (Å²) < 4.78 is 6.11. The zero-order chi connectivity index (χ0) is 15.5. The lowest BCUT2D eigenvalue weighted by atomic mass is 10.0. The van der Waals surface area contributed by atoms with Gasteiger partial charge in [-0.25, -0.2) is 0 Å². The van der Waals surface area contributed by atoms with Crippen molar-refractivity contribution in [2.24, 2.45) is 0 Å². The van der Waals surface area contributed by atoms with Crippen LogP contribution in [0.5, 0.6) is 0 Å². The van der Waals surface area contributed by atoms with Crippen LogP contribution in [0.4, 0.5) is 5.69 Å². The molecule has 4 rings (SSSR count). The van der Waals surface area contributed by atoms with E-state index >= 15 is 0 Å². The van der Waals surface area contributed by atoms with Crippen LogP contribution in [-0.2, 0) is 11.3 Å². The standard InChI is InChI=1S/C18H23N3OS/c1-3-15(13-19-7-1)21-10-11-22-18-6-9-20(8-5-17(18)21)14-16-4-2-12-23-16/h1-4,7,12-13,17-18H,5-6,8-11,14H2/t17-,18-/m0/s1. The Kier molecular flexibility index (Phi) is 4.60. The third-order valence-corrected chi connectivity index (χ3v) is 5.76. The highest BCUT2D eigenvalue weighted by Crippen LogP contribution is 2.28. The molecule has 2 aliphatic heterocycles. The average Bonchev–Trinajstić information content (AvgIpc) is 3.02. The van der Waals surface area contributed by atoms with Gasteiger partial charge in [0.2, 0.25) is 0 Å². The van der Waals surface area contributed by atoms with Crippen molar-refractivity contribution in [1.82, 2.24) is 9.88 Å². The van der Waals surface area contributed by atoms with Crippen LogP contribution in [-0.4, -0.2) is 48.3 Å². The zero-order valence-electron chi connectivity index (χ0n) is 13.3. The van der Waals surface area contributed by atoms with E-state index in [9.17, 15) is 0 Å². The minimum Gasteiger partial charge on any atom is -0.374 e. The first-order chi connectivity index (χ1) is 11.4. The quantitative estimate of drug-likeness (QED) is 0.865. The summed E-state index contributed by atoms with van der Waals surface area (Å²) in [5.41, 5.74) is 1.23. The van der Waals surface area contributed by atoms with Gasteiger partial charge in [0.05, 0.1) is 30.6 Å². The molecule has 2 aliphatic rings. The molecule has 2 atom stereocenters. The second-order valence-corrected chi connectivity index (χ2v) is 7.35. The minimum absolute atomic E-state index is 0.345. The van der Waals surface area contributed by atoms with Gasteiger partial charge in [0.25, 0.3) is 0 Å². The first-order valence-electron chi connectivity index (χ1n) is 8.43. The van der Waals surface area contributed by atoms with E-state index in [4.69, 9.17) is 4.74 Å². The SMILES string of the molecule is c1cncc(N2CCO[C@H]3CCN(Cc4cccs4)CC[C@@H]32)c1. The molecular formula is C18H23N3OS. The molecule has 0 unspecified atom stereocenters. The number of anilines is 1. The van der Waals surface area contributed by atoms with Crippen LogP contribution in [0.25, 0.3) is 0 Å². The molecule has 23 heavy (non-hydrogen) atoms. The number of thiophene rings is 1. The van der Waals surface area contributed by atoms with E-state index < -0.39 is 0 Å². The Morgan fingerprint density at radius 3 is 2.96 bits per heavy atom. The Balaban J connectivity index is 1.47. The average molecular weight is 329 g/mol. The molecule has 2 aromatic rings. The normalized spacial score (nSPS) is 25.8. The van der Waals surface area contributed by atoms with Crippen LogP contribution in [0.3, 0.4) is 0 Å². The number of hydrogen-bond donors (Lipinski definition) is 0. The molecule has 0 radical (unpaired) electrons. The second-order valence-electron chi connectivity index (χ2n) is 6.31. The van der Waals surface area contributed by atoms with Crippen molar-refractivity contribution in [3.63, 3.8) is 0 Å². The van der Waals surface area contributed by atoms with Crippen LogP contribution >= 0.6 is 11.3 Å². The zero-order valence-corrected chi connectivity index (χ0v) is 14.1. The highest BCUT2D eigenvalue weighted by molar-refractivity contribution is 7.09. The van der Waals surface area contributed by atoms with Crippen molar-refractivity contribution >= 4 is 17.0 Å². The number of likely N-dealkylation sites (tertiary alicyclic amines) is 1. The summed E-state index contributed by atoms with van der Waals surface area (Å²) in [5, 5.41) is 2.17. The number of hydrogen-bond acceptors (Lipinski definition) is 5. The molecule has 2 aromatic heterocycles. The third-order valence-electron chi connectivity index (χ3n) is 4.90. The van der Waals surface area contributed by atoms with E-state index in [1.165, 1.54) is 10.6 Å². The molecule has 122 valence electrons. The Hall–Kier alpha value is -1.43. The summed E-state index contributed by atoms with van der Waals surface area (Å²) in [6.45, 7) is 5.13. The van der Waals surface area contributed by atoms with Gasteiger partial charge >= 0.3 is 0 Å². The topological polar surface area (TPSA) is 28.6 Å². The first kappa shape index (κ1) is 15.1. The van der Waals surface area contributed by atoms with Crippen LogP contribution in [0, 0.1) is 0 Å². The van der Waals surface area contributed by atoms with Gasteiger partial charge in [-0.05, 0) is 36.4 Å². The lowest BCUT2D eigenvalue weighted by Gasteiger charge is -2.41. The molecule has 0 bridgehead atoms. The van der Waals surface area contributed by atoms with E-state index in [1.807, 2.05) is 29.8 Å². The number of nitrogens with zero attached hydrogens (tertiary/aromatic N) is 3. The van der Waals surface area contributed by atoms with E-state index in [0.717, 1.165) is 45.6 Å². The van der Waals surface area contributed by atoms with Gasteiger partial charge in [-0.1, -0.05) is 6.07 Å². The molecule has 5 heteroatoms. The maximum Gasteiger partial charge on any atom is 0.0791 e. The number of aromatic nitrogens is 1. The van der Waals surface area contributed by atoms with Crippen molar-refractivity contribution < 1.29 is 4.74 Å². The summed E-state index contributed by atoms with van der Waals surface area (Å²) in [6.07, 6.45) is 6.45. The maximum absolute atomic E-state index is 6.11. The Morgan fingerprint density at radius 2 is 2.13 bits per heavy atom. The highest BCUT2D eigenvalue weighted by atomic mass is 32.1. The van der Waals surface area contributed by atoms with Gasteiger partial charge in [-0.2, -0.15) is 0 Å². The van der Waals surface area contributed by atoms with Gasteiger partial charge < -0.3 is 9.64 Å². The van der Waals surface area contributed by atoms with Gasteiger partial charge in [-0.3, -0.25) is 9.88 Å². The Labute approximate surface area is 141 Å². The highest BCUT2D eigenvalue weighted by Gasteiger charge is 2.34. The minimum atomic E-state index is 0.345. The second kappa shape index (κ2) is 6.99. The van der Waals surface area contributed by atoms with Crippen LogP contribution in [0.1, 0.15) is 17.7 Å². The number of pyridine rings is 1. The fourth-order valence-corrected chi connectivity index (χ4v) is 4.51. The summed E-state index contributed by atoms with van der Waals surface area (Å²) in [5.74, 6) is 0. The van der Waals surface area contributed by atoms with Crippen molar-refractivity contribution in [2.75, 3.05) is 31.1 Å². The molecule has 0 spiro atoms. The fourth-order valence-electron chi connectivity index (χ4n) is 3.76. The first-order valence-corrected chi connectivity index (χ1v) is 9.31. The largest absolute Gasteiger partial charge is 0.374 e. The predicted octanol–water partition coefficient (Wildman–Crippen LogP) is 3.01. The van der Waals surface area contributed by atoms with Gasteiger partial charge in [-0.15, -0.1) is 11.3 Å². The third kappa shape index (κ3) is 3.42. The monoisotopic (exact) mass is 329 g/mol. The smallest absolute Gasteiger partial charge is 0.0791 e. The lowest BCUT2D eigenvalue weighted by Crippen LogP contribution is -2.51. The molecule has 4 nitrogen and oxygen atoms in total. The van der Waals surface area contributed by atoms with E-state index in [-0.39, 0.29) is 0 Å². The Morgan fingerprint density at radius 1 is 1.17 bits per heavy atom. The van der Waals surface area contributed by atoms with Crippen molar-refractivity contribution in [3.05, 3.63) is 46.9 Å². The summed E-state index contributed by atoms with van der Waals surface area (Å²) in [6, 6.07) is 9.05. The number of morpholine rings is 1. The van der Waals surface area contributed by atoms with Crippen LogP contribution < -0.4 is 4.90 Å². The van der Waals surface area contributed by atoms with Gasteiger partial charge in [0, 0.05) is 37.3 Å². The number of fused-ring (bicyclic) bond motifs is 1. The molecule has 2 fully saturated rings. The molecule has 0 amide bonds. The summed E-state index contributed by atoms with van der Waals surface area (Å²) in [4.78, 5) is 10.8. The van der Waals surface area contributed by atoms with Crippen molar-refractivity contribution in [3.8, 4) is 0 Å². The van der Waals surface area contributed by atoms with Crippen molar-refractivity contribution in [2.45, 2.75) is 31.5 Å². The van der Waals surface area contributed by atoms with Crippen LogP contribution in [0.2, 0.25) is 0 Å². The molecule has 0 aromatic carbocycles. The molecule has 0 saturated carbocycles. The molecule has 4 heterocycles. The lowest BCUT2D eigenvalue weighted by molar-refractivity contribution is 0.00894. The van der Waals surface area contributed by atoms with E-state index in [0.29, 0.717) is 12.1 Å². The van der Waals surface area contributed by atoms with Crippen molar-refractivity contribution in [1.29, 1.82) is 0 Å². The van der Waals surface area contributed by atoms with E-state index in [1.54, 1.807) is 0 Å². The molecule has 0 aliphatic carbocycles. The number of ether oxygens (including phenoxy) is 1. The fraction of sp³-hybridized carbons (Fsp3) is 0.500. The van der Waals surface area contributed by atoms with Crippen LogP contribution in [0.15, 0.2) is 42.0 Å². The van der Waals surface area contributed by atoms with E-state index in [2.05, 4.69) is 38.4 Å².